The van der Waals surface area contributed by atoms with Crippen LogP contribution in [-0.2, 0) is 9.53 Å². The lowest BCUT2D eigenvalue weighted by molar-refractivity contribution is -0.112. The van der Waals surface area contributed by atoms with Crippen molar-refractivity contribution in [1.82, 2.24) is 5.32 Å². The van der Waals surface area contributed by atoms with E-state index in [1.807, 2.05) is 13.8 Å². The van der Waals surface area contributed by atoms with Gasteiger partial charge in [-0.25, -0.2) is 4.79 Å². The van der Waals surface area contributed by atoms with Gasteiger partial charge in [0, 0.05) is 0 Å². The Labute approximate surface area is 103 Å². The number of aliphatic hydroxyl groups is 1. The number of carbonyl (C=O) groups is 2. The van der Waals surface area contributed by atoms with Gasteiger partial charge in [-0.3, -0.25) is 0 Å². The molecule has 0 saturated carbocycles. The Morgan fingerprint density at radius 2 is 1.94 bits per heavy atom. The molecule has 0 bridgehead atoms. The van der Waals surface area contributed by atoms with Gasteiger partial charge in [0.1, 0.15) is 17.9 Å². The molecule has 0 heterocycles. The van der Waals surface area contributed by atoms with Gasteiger partial charge in [0.05, 0.1) is 6.10 Å². The van der Waals surface area contributed by atoms with Crippen molar-refractivity contribution >= 4 is 12.4 Å². The number of aliphatic hydroxyl groups excluding tert-OH is 1. The van der Waals surface area contributed by atoms with Crippen LogP contribution in [0.25, 0.3) is 0 Å². The van der Waals surface area contributed by atoms with E-state index in [0.29, 0.717) is 12.7 Å². The molecule has 0 aromatic rings. The zero-order valence-corrected chi connectivity index (χ0v) is 11.2. The van der Waals surface area contributed by atoms with E-state index < -0.39 is 23.8 Å². The molecule has 5 nitrogen and oxygen atoms in total. The van der Waals surface area contributed by atoms with E-state index in [9.17, 15) is 14.7 Å². The third kappa shape index (κ3) is 7.74. The van der Waals surface area contributed by atoms with Crippen LogP contribution in [0.3, 0.4) is 0 Å². The summed E-state index contributed by atoms with van der Waals surface area (Å²) in [7, 11) is 0. The topological polar surface area (TPSA) is 75.6 Å². The number of amides is 1. The van der Waals surface area contributed by atoms with E-state index in [-0.39, 0.29) is 5.92 Å². The molecule has 0 aromatic heterocycles. The zero-order valence-electron chi connectivity index (χ0n) is 11.2. The molecular formula is C12H23NO4. The lowest BCUT2D eigenvalue weighted by atomic mass is 10.0. The van der Waals surface area contributed by atoms with Gasteiger partial charge in [0.15, 0.2) is 0 Å². The highest BCUT2D eigenvalue weighted by molar-refractivity contribution is 5.73. The molecule has 0 spiro atoms. The number of alkyl carbamates (subject to hydrolysis) is 1. The maximum atomic E-state index is 11.4. The fraction of sp³-hybridized carbons (Fsp3) is 0.833. The Morgan fingerprint density at radius 1 is 1.41 bits per heavy atom. The second-order valence-corrected chi connectivity index (χ2v) is 5.50. The first-order chi connectivity index (χ1) is 7.65. The maximum absolute atomic E-state index is 11.4. The Hall–Kier alpha value is -1.10. The monoisotopic (exact) mass is 245 g/mol. The average Bonchev–Trinajstić information content (AvgIpc) is 2.09. The van der Waals surface area contributed by atoms with Gasteiger partial charge in [-0.15, -0.1) is 0 Å². The number of aldehydes is 1. The number of nitrogens with one attached hydrogen (secondary N) is 1. The van der Waals surface area contributed by atoms with E-state index in [1.165, 1.54) is 0 Å². The molecule has 2 N–H and O–H groups in total. The summed E-state index contributed by atoms with van der Waals surface area (Å²) in [6.07, 6.45) is -0.617. The molecule has 0 rings (SSSR count). The molecular weight excluding hydrogens is 222 g/mol. The number of hydrogen-bond donors (Lipinski definition) is 2. The van der Waals surface area contributed by atoms with E-state index in [2.05, 4.69) is 5.32 Å². The van der Waals surface area contributed by atoms with E-state index in [1.54, 1.807) is 20.8 Å². The number of rotatable bonds is 5. The van der Waals surface area contributed by atoms with Crippen LogP contribution < -0.4 is 5.32 Å². The third-order valence-electron chi connectivity index (χ3n) is 1.96. The van der Waals surface area contributed by atoms with Gasteiger partial charge in [-0.1, -0.05) is 13.8 Å². The average molecular weight is 245 g/mol. The third-order valence-corrected chi connectivity index (χ3v) is 1.96. The first kappa shape index (κ1) is 15.9. The van der Waals surface area contributed by atoms with Crippen LogP contribution in [0.1, 0.15) is 41.0 Å². The van der Waals surface area contributed by atoms with E-state index in [4.69, 9.17) is 4.74 Å². The van der Waals surface area contributed by atoms with Crippen molar-refractivity contribution < 1.29 is 19.4 Å². The van der Waals surface area contributed by atoms with E-state index >= 15 is 0 Å². The summed E-state index contributed by atoms with van der Waals surface area (Å²) in [5.41, 5.74) is -0.624. The molecule has 0 fully saturated rings. The first-order valence-electron chi connectivity index (χ1n) is 5.78. The summed E-state index contributed by atoms with van der Waals surface area (Å²) in [5.74, 6) is 0.243. The van der Waals surface area contributed by atoms with Gasteiger partial charge in [-0.2, -0.15) is 0 Å². The Kier molecular flexibility index (Phi) is 6.16. The SMILES string of the molecule is CC(C)CC(O)[C@@H](C=O)NC(=O)OC(C)(C)C. The predicted molar refractivity (Wildman–Crippen MR) is 64.7 cm³/mol. The summed E-state index contributed by atoms with van der Waals surface area (Å²) in [5, 5.41) is 12.1. The molecule has 5 heteroatoms. The highest BCUT2D eigenvalue weighted by Crippen LogP contribution is 2.09. The van der Waals surface area contributed by atoms with Crippen molar-refractivity contribution in [1.29, 1.82) is 0 Å². The van der Waals surface area contributed by atoms with Crippen LogP contribution >= 0.6 is 0 Å². The van der Waals surface area contributed by atoms with Gasteiger partial charge < -0.3 is 20.0 Å². The summed E-state index contributed by atoms with van der Waals surface area (Å²) < 4.78 is 5.01. The van der Waals surface area contributed by atoms with Crippen molar-refractivity contribution in [3.8, 4) is 0 Å². The van der Waals surface area contributed by atoms with Crippen molar-refractivity contribution in [2.75, 3.05) is 0 Å². The fourth-order valence-electron chi connectivity index (χ4n) is 1.29. The first-order valence-corrected chi connectivity index (χ1v) is 5.78. The minimum atomic E-state index is -0.924. The number of carbonyl (C=O) groups excluding carboxylic acids is 2. The van der Waals surface area contributed by atoms with Crippen molar-refractivity contribution in [3.63, 3.8) is 0 Å². The lowest BCUT2D eigenvalue weighted by Gasteiger charge is -2.24. The smallest absolute Gasteiger partial charge is 0.408 e. The normalized spacial score (nSPS) is 15.2. The Bertz CT molecular complexity index is 258. The summed E-state index contributed by atoms with van der Waals surface area (Å²) in [6, 6.07) is -0.924. The Balaban J connectivity index is 4.30. The molecule has 1 amide bonds. The quantitative estimate of drug-likeness (QED) is 0.719. The number of hydrogen-bond acceptors (Lipinski definition) is 4. The highest BCUT2D eigenvalue weighted by Gasteiger charge is 2.24. The molecule has 17 heavy (non-hydrogen) atoms. The van der Waals surface area contributed by atoms with Crippen LogP contribution in [-0.4, -0.2) is 35.2 Å². The van der Waals surface area contributed by atoms with Gasteiger partial charge in [-0.05, 0) is 33.1 Å². The van der Waals surface area contributed by atoms with Crippen molar-refractivity contribution in [2.45, 2.75) is 58.8 Å². The molecule has 0 radical (unpaired) electrons. The van der Waals surface area contributed by atoms with Crippen LogP contribution in [0.4, 0.5) is 4.79 Å². The lowest BCUT2D eigenvalue weighted by Crippen LogP contribution is -2.46. The summed E-state index contributed by atoms with van der Waals surface area (Å²) in [6.45, 7) is 9.05. The highest BCUT2D eigenvalue weighted by atomic mass is 16.6. The fourth-order valence-corrected chi connectivity index (χ4v) is 1.29. The summed E-state index contributed by atoms with van der Waals surface area (Å²) in [4.78, 5) is 22.2. The molecule has 1 unspecified atom stereocenters. The maximum Gasteiger partial charge on any atom is 0.408 e. The van der Waals surface area contributed by atoms with Gasteiger partial charge in [0.25, 0.3) is 0 Å². The van der Waals surface area contributed by atoms with Crippen LogP contribution in [0.15, 0.2) is 0 Å². The largest absolute Gasteiger partial charge is 0.444 e. The van der Waals surface area contributed by atoms with Crippen LogP contribution in [0.5, 0.6) is 0 Å². The Morgan fingerprint density at radius 3 is 2.29 bits per heavy atom. The second kappa shape index (κ2) is 6.59. The molecule has 0 aliphatic rings. The molecule has 0 aliphatic carbocycles. The van der Waals surface area contributed by atoms with Crippen LogP contribution in [0, 0.1) is 5.92 Å². The number of ether oxygens (including phenoxy) is 1. The van der Waals surface area contributed by atoms with Crippen molar-refractivity contribution in [2.24, 2.45) is 5.92 Å². The molecule has 0 aliphatic heterocycles. The molecule has 0 aromatic carbocycles. The molecule has 100 valence electrons. The predicted octanol–water partition coefficient (Wildman–Crippen LogP) is 1.49. The van der Waals surface area contributed by atoms with Crippen molar-refractivity contribution in [3.05, 3.63) is 0 Å². The minimum Gasteiger partial charge on any atom is -0.444 e. The minimum absolute atomic E-state index is 0.243. The molecule has 0 saturated heterocycles. The standard InChI is InChI=1S/C12H23NO4/c1-8(2)6-10(15)9(7-14)13-11(16)17-12(3,4)5/h7-10,15H,6H2,1-5H3,(H,13,16)/t9-,10?/m1/s1. The van der Waals surface area contributed by atoms with Gasteiger partial charge >= 0.3 is 6.09 Å². The molecule has 2 atom stereocenters. The van der Waals surface area contributed by atoms with E-state index in [0.717, 1.165) is 0 Å². The van der Waals surface area contributed by atoms with Gasteiger partial charge in [0.2, 0.25) is 0 Å². The summed E-state index contributed by atoms with van der Waals surface area (Å²) >= 11 is 0. The second-order valence-electron chi connectivity index (χ2n) is 5.50. The van der Waals surface area contributed by atoms with Crippen LogP contribution in [0.2, 0.25) is 0 Å². The zero-order chi connectivity index (χ0) is 13.6.